The molecule has 2 nitrogen and oxygen atoms in total. The minimum absolute atomic E-state index is 0.152. The van der Waals surface area contributed by atoms with E-state index >= 15 is 0 Å². The van der Waals surface area contributed by atoms with Crippen LogP contribution in [-0.4, -0.2) is 15.7 Å². The Labute approximate surface area is 91.7 Å². The largest absolute Gasteiger partial charge is 0.416 e. The van der Waals surface area contributed by atoms with E-state index in [2.05, 4.69) is 4.36 Å². The second kappa shape index (κ2) is 3.76. The quantitative estimate of drug-likeness (QED) is 0.751. The van der Waals surface area contributed by atoms with Crippen molar-refractivity contribution in [2.45, 2.75) is 12.6 Å². The first-order valence-electron chi connectivity index (χ1n) is 4.79. The molecule has 88 valence electrons. The number of alkyl halides is 3. The van der Waals surface area contributed by atoms with Gasteiger partial charge in [0.05, 0.1) is 21.0 Å². The molecular weight excluding hydrogens is 239 g/mol. The maximum Gasteiger partial charge on any atom is 0.416 e. The Morgan fingerprint density at radius 2 is 1.94 bits per heavy atom. The number of halogens is 3. The first kappa shape index (κ1) is 11.4. The highest BCUT2D eigenvalue weighted by Crippen LogP contribution is 2.32. The van der Waals surface area contributed by atoms with Crippen LogP contribution in [0, 0.1) is 0 Å². The molecule has 0 atom stereocenters. The smallest absolute Gasteiger partial charge is 0.249 e. The zero-order valence-corrected chi connectivity index (χ0v) is 9.14. The molecule has 6 heteroatoms. The minimum atomic E-state index is -4.38. The van der Waals surface area contributed by atoms with E-state index in [-0.39, 0.29) is 5.69 Å². The topological polar surface area (TPSA) is 29.4 Å². The van der Waals surface area contributed by atoms with E-state index in [9.17, 15) is 17.4 Å². The third-order valence-corrected chi connectivity index (χ3v) is 4.77. The van der Waals surface area contributed by atoms with Crippen molar-refractivity contribution >= 4 is 15.4 Å². The van der Waals surface area contributed by atoms with Gasteiger partial charge in [0.15, 0.2) is 0 Å². The average molecular weight is 249 g/mol. The Kier molecular flexibility index (Phi) is 2.69. The van der Waals surface area contributed by atoms with Gasteiger partial charge < -0.3 is 0 Å². The number of benzene rings is 1. The molecule has 0 aromatic heterocycles. The Balaban J connectivity index is 2.37. The predicted octanol–water partition coefficient (Wildman–Crippen LogP) is 3.21. The van der Waals surface area contributed by atoms with Crippen molar-refractivity contribution in [3.05, 3.63) is 29.8 Å². The maximum absolute atomic E-state index is 12.4. The van der Waals surface area contributed by atoms with Crippen LogP contribution in [0.1, 0.15) is 12.0 Å². The van der Waals surface area contributed by atoms with Crippen LogP contribution in [0.4, 0.5) is 18.9 Å². The monoisotopic (exact) mass is 249 g/mol. The summed E-state index contributed by atoms with van der Waals surface area (Å²) in [7, 11) is -2.25. The van der Waals surface area contributed by atoms with E-state index in [1.165, 1.54) is 12.1 Å². The summed E-state index contributed by atoms with van der Waals surface area (Å²) >= 11 is 0. The summed E-state index contributed by atoms with van der Waals surface area (Å²) in [6.07, 6.45) is -3.54. The van der Waals surface area contributed by atoms with Gasteiger partial charge >= 0.3 is 6.18 Å². The molecule has 1 aliphatic rings. The van der Waals surface area contributed by atoms with E-state index < -0.39 is 21.5 Å². The van der Waals surface area contributed by atoms with Crippen LogP contribution in [0.15, 0.2) is 28.6 Å². The summed E-state index contributed by atoms with van der Waals surface area (Å²) < 4.78 is 52.8. The van der Waals surface area contributed by atoms with Crippen molar-refractivity contribution in [2.75, 3.05) is 11.5 Å². The van der Waals surface area contributed by atoms with Gasteiger partial charge in [-0.25, -0.2) is 4.21 Å². The number of hydrogen-bond donors (Lipinski definition) is 0. The van der Waals surface area contributed by atoms with Gasteiger partial charge in [-0.15, -0.1) is 0 Å². The first-order chi connectivity index (χ1) is 7.39. The first-order valence-corrected chi connectivity index (χ1v) is 6.64. The molecule has 2 rings (SSSR count). The van der Waals surface area contributed by atoms with Crippen molar-refractivity contribution < 1.29 is 17.4 Å². The van der Waals surface area contributed by atoms with E-state index in [1.54, 1.807) is 0 Å². The summed E-state index contributed by atoms with van der Waals surface area (Å²) in [6.45, 7) is 0. The minimum Gasteiger partial charge on any atom is -0.249 e. The fourth-order valence-corrected chi connectivity index (χ4v) is 2.88. The predicted molar refractivity (Wildman–Crippen MR) is 56.0 cm³/mol. The molecule has 1 aromatic rings. The van der Waals surface area contributed by atoms with Crippen molar-refractivity contribution in [3.8, 4) is 0 Å². The van der Waals surface area contributed by atoms with Crippen LogP contribution in [0.3, 0.4) is 0 Å². The lowest BCUT2D eigenvalue weighted by molar-refractivity contribution is -0.137. The molecule has 0 spiro atoms. The summed E-state index contributed by atoms with van der Waals surface area (Å²) in [5.41, 5.74) is -0.601. The van der Waals surface area contributed by atoms with E-state index in [0.717, 1.165) is 18.6 Å². The maximum atomic E-state index is 12.4. The second-order valence-electron chi connectivity index (χ2n) is 3.67. The van der Waals surface area contributed by atoms with E-state index in [1.807, 2.05) is 0 Å². The number of hydrogen-bond acceptors (Lipinski definition) is 2. The SMILES string of the molecule is O=S1(=Nc2cccc(C(F)(F)F)c2)CCC1. The summed E-state index contributed by atoms with van der Waals surface area (Å²) in [5, 5.41) is 0. The standard InChI is InChI=1S/C10H10F3NOS/c11-10(12,13)8-3-1-4-9(7-8)14-16(15)5-2-6-16/h1,3-4,7H,2,5-6H2. The Bertz CT molecular complexity index is 505. The number of rotatable bonds is 1. The lowest BCUT2D eigenvalue weighted by Gasteiger charge is -2.18. The van der Waals surface area contributed by atoms with Crippen molar-refractivity contribution in [2.24, 2.45) is 4.36 Å². The van der Waals surface area contributed by atoms with Gasteiger partial charge in [-0.05, 0) is 24.6 Å². The van der Waals surface area contributed by atoms with Crippen LogP contribution in [-0.2, 0) is 15.9 Å². The van der Waals surface area contributed by atoms with E-state index in [4.69, 9.17) is 0 Å². The summed E-state index contributed by atoms with van der Waals surface area (Å²) in [4.78, 5) is 0. The Hall–Kier alpha value is -1.04. The molecule has 0 N–H and O–H groups in total. The lowest BCUT2D eigenvalue weighted by atomic mass is 10.2. The molecule has 1 heterocycles. The number of nitrogens with zero attached hydrogens (tertiary/aromatic N) is 1. The zero-order chi connectivity index (χ0) is 11.8. The van der Waals surface area contributed by atoms with Gasteiger partial charge in [0.1, 0.15) is 0 Å². The molecule has 16 heavy (non-hydrogen) atoms. The van der Waals surface area contributed by atoms with Gasteiger partial charge in [0.25, 0.3) is 0 Å². The molecule has 0 amide bonds. The van der Waals surface area contributed by atoms with Gasteiger partial charge in [-0.3, -0.25) is 0 Å². The molecule has 1 saturated heterocycles. The highest BCUT2D eigenvalue weighted by Gasteiger charge is 2.30. The Morgan fingerprint density at radius 1 is 1.25 bits per heavy atom. The molecule has 0 unspecified atom stereocenters. The van der Waals surface area contributed by atoms with Crippen molar-refractivity contribution in [3.63, 3.8) is 0 Å². The fourth-order valence-electron chi connectivity index (χ4n) is 1.41. The third-order valence-electron chi connectivity index (χ3n) is 2.37. The van der Waals surface area contributed by atoms with Crippen LogP contribution < -0.4 is 0 Å². The normalized spacial score (nSPS) is 18.9. The van der Waals surface area contributed by atoms with Crippen molar-refractivity contribution in [1.82, 2.24) is 0 Å². The van der Waals surface area contributed by atoms with Gasteiger partial charge in [0.2, 0.25) is 0 Å². The van der Waals surface area contributed by atoms with Crippen LogP contribution >= 0.6 is 0 Å². The molecule has 1 aliphatic heterocycles. The molecule has 0 aliphatic carbocycles. The molecule has 1 aromatic carbocycles. The average Bonchev–Trinajstić information content (AvgIpc) is 2.14. The molecule has 0 bridgehead atoms. The van der Waals surface area contributed by atoms with Crippen LogP contribution in [0.2, 0.25) is 0 Å². The zero-order valence-electron chi connectivity index (χ0n) is 8.33. The fraction of sp³-hybridized carbons (Fsp3) is 0.400. The molecule has 0 radical (unpaired) electrons. The summed E-state index contributed by atoms with van der Waals surface area (Å²) in [5.74, 6) is 0.979. The van der Waals surface area contributed by atoms with Crippen molar-refractivity contribution in [1.29, 1.82) is 0 Å². The lowest BCUT2D eigenvalue weighted by Crippen LogP contribution is -2.22. The van der Waals surface area contributed by atoms with Crippen LogP contribution in [0.25, 0.3) is 0 Å². The third kappa shape index (κ3) is 2.37. The molecule has 1 fully saturated rings. The second-order valence-corrected chi connectivity index (χ2v) is 6.22. The van der Waals surface area contributed by atoms with E-state index in [0.29, 0.717) is 11.5 Å². The molecular formula is C10H10F3NOS. The highest BCUT2D eigenvalue weighted by molar-refractivity contribution is 7.95. The Morgan fingerprint density at radius 3 is 2.44 bits per heavy atom. The van der Waals surface area contributed by atoms with Gasteiger partial charge in [-0.1, -0.05) is 6.07 Å². The molecule has 0 saturated carbocycles. The van der Waals surface area contributed by atoms with Gasteiger partial charge in [-0.2, -0.15) is 17.5 Å². The van der Waals surface area contributed by atoms with Crippen LogP contribution in [0.5, 0.6) is 0 Å². The summed E-state index contributed by atoms with van der Waals surface area (Å²) in [6, 6.07) is 4.64. The van der Waals surface area contributed by atoms with Gasteiger partial charge in [0, 0.05) is 11.5 Å². The highest BCUT2D eigenvalue weighted by atomic mass is 32.2.